The van der Waals surface area contributed by atoms with Gasteiger partial charge >= 0.3 is 12.6 Å². The number of benzene rings is 1. The zero-order valence-electron chi connectivity index (χ0n) is 9.07. The third-order valence-corrected chi connectivity index (χ3v) is 2.04. The van der Waals surface area contributed by atoms with Gasteiger partial charge in [0.15, 0.2) is 0 Å². The Morgan fingerprint density at radius 2 is 1.94 bits per heavy atom. The lowest BCUT2D eigenvalue weighted by Crippen LogP contribution is -2.10. The summed E-state index contributed by atoms with van der Waals surface area (Å²) in [6.45, 7) is -3.01. The maximum Gasteiger partial charge on any atom is 0.387 e. The molecule has 17 heavy (non-hydrogen) atoms. The van der Waals surface area contributed by atoms with Crippen molar-refractivity contribution in [3.63, 3.8) is 0 Å². The number of nitrogens with two attached hydrogens (primary N) is 2. The van der Waals surface area contributed by atoms with E-state index in [4.69, 9.17) is 11.5 Å². The summed E-state index contributed by atoms with van der Waals surface area (Å²) in [5.41, 5.74) is 11.5. The smallest absolute Gasteiger partial charge is 0.387 e. The van der Waals surface area contributed by atoms with Crippen LogP contribution in [0, 0.1) is 0 Å². The van der Waals surface area contributed by atoms with Crippen LogP contribution in [0.15, 0.2) is 12.1 Å². The van der Waals surface area contributed by atoms with Crippen LogP contribution in [-0.4, -0.2) is 19.7 Å². The molecule has 0 amide bonds. The molecule has 0 unspecified atom stereocenters. The van der Waals surface area contributed by atoms with E-state index in [1.165, 1.54) is 13.2 Å². The van der Waals surface area contributed by atoms with Gasteiger partial charge in [0.2, 0.25) is 0 Å². The van der Waals surface area contributed by atoms with Crippen LogP contribution < -0.4 is 16.2 Å². The van der Waals surface area contributed by atoms with E-state index >= 15 is 0 Å². The first-order valence-corrected chi connectivity index (χ1v) is 4.63. The highest BCUT2D eigenvalue weighted by atomic mass is 19.3. The predicted molar refractivity (Wildman–Crippen MR) is 57.6 cm³/mol. The normalized spacial score (nSPS) is 10.4. The lowest BCUT2D eigenvalue weighted by molar-refractivity contribution is -0.139. The third-order valence-electron chi connectivity index (χ3n) is 2.04. The molecule has 1 aromatic rings. The lowest BCUT2D eigenvalue weighted by atomic mass is 10.1. The number of ether oxygens (including phenoxy) is 2. The molecule has 0 spiro atoms. The van der Waals surface area contributed by atoms with Crippen molar-refractivity contribution in [1.29, 1.82) is 0 Å². The van der Waals surface area contributed by atoms with Gasteiger partial charge < -0.3 is 20.9 Å². The van der Waals surface area contributed by atoms with Gasteiger partial charge in [0.1, 0.15) is 5.75 Å². The summed E-state index contributed by atoms with van der Waals surface area (Å²) in [6, 6.07) is 2.46. The van der Waals surface area contributed by atoms with Crippen molar-refractivity contribution in [1.82, 2.24) is 0 Å². The molecule has 1 rings (SSSR count). The molecule has 0 saturated heterocycles. The van der Waals surface area contributed by atoms with Crippen LogP contribution in [0.25, 0.3) is 0 Å². The molecule has 94 valence electrons. The molecular weight excluding hydrogens is 234 g/mol. The zero-order valence-corrected chi connectivity index (χ0v) is 9.07. The van der Waals surface area contributed by atoms with Gasteiger partial charge in [-0.2, -0.15) is 8.78 Å². The van der Waals surface area contributed by atoms with E-state index in [9.17, 15) is 13.6 Å². The van der Waals surface area contributed by atoms with E-state index < -0.39 is 12.6 Å². The molecule has 0 aliphatic carbocycles. The number of carbonyl (C=O) groups excluding carboxylic acids is 1. The Morgan fingerprint density at radius 1 is 1.35 bits per heavy atom. The van der Waals surface area contributed by atoms with Crippen molar-refractivity contribution in [2.24, 2.45) is 0 Å². The zero-order chi connectivity index (χ0) is 13.0. The largest absolute Gasteiger partial charge is 0.469 e. The second-order valence-corrected chi connectivity index (χ2v) is 3.22. The van der Waals surface area contributed by atoms with Crippen LogP contribution in [0.1, 0.15) is 5.56 Å². The summed E-state index contributed by atoms with van der Waals surface area (Å²) in [4.78, 5) is 11.1. The van der Waals surface area contributed by atoms with E-state index in [1.54, 1.807) is 0 Å². The number of carbonyl (C=O) groups is 1. The van der Waals surface area contributed by atoms with E-state index in [0.717, 1.165) is 6.07 Å². The highest BCUT2D eigenvalue weighted by molar-refractivity contribution is 5.76. The lowest BCUT2D eigenvalue weighted by Gasteiger charge is -2.12. The minimum Gasteiger partial charge on any atom is -0.469 e. The monoisotopic (exact) mass is 246 g/mol. The van der Waals surface area contributed by atoms with Crippen LogP contribution in [0.5, 0.6) is 5.75 Å². The number of alkyl halides is 2. The maximum absolute atomic E-state index is 12.1. The Morgan fingerprint density at radius 3 is 2.47 bits per heavy atom. The Balaban J connectivity index is 3.06. The first-order valence-electron chi connectivity index (χ1n) is 4.63. The third kappa shape index (κ3) is 3.47. The topological polar surface area (TPSA) is 87.6 Å². The van der Waals surface area contributed by atoms with Crippen molar-refractivity contribution >= 4 is 17.3 Å². The second-order valence-electron chi connectivity index (χ2n) is 3.22. The summed E-state index contributed by atoms with van der Waals surface area (Å²) in [5, 5.41) is 0. The Labute approximate surface area is 96.3 Å². The van der Waals surface area contributed by atoms with Crippen molar-refractivity contribution in [3.05, 3.63) is 17.7 Å². The first kappa shape index (κ1) is 13.0. The summed E-state index contributed by atoms with van der Waals surface area (Å²) < 4.78 is 33.0. The van der Waals surface area contributed by atoms with Crippen LogP contribution in [0.4, 0.5) is 20.2 Å². The number of nitrogen functional groups attached to an aromatic ring is 2. The van der Waals surface area contributed by atoms with Gasteiger partial charge in [0.05, 0.1) is 24.9 Å². The van der Waals surface area contributed by atoms with E-state index in [1.807, 2.05) is 0 Å². The van der Waals surface area contributed by atoms with Gasteiger partial charge in [-0.15, -0.1) is 0 Å². The molecule has 0 aliphatic heterocycles. The summed E-state index contributed by atoms with van der Waals surface area (Å²) in [7, 11) is 1.19. The van der Waals surface area contributed by atoms with Crippen molar-refractivity contribution in [3.8, 4) is 5.75 Å². The van der Waals surface area contributed by atoms with E-state index in [0.29, 0.717) is 0 Å². The van der Waals surface area contributed by atoms with E-state index in [2.05, 4.69) is 9.47 Å². The SMILES string of the molecule is COC(=O)Cc1cc(N)c(N)cc1OC(F)F. The predicted octanol–water partition coefficient (Wildman–Crippen LogP) is 1.17. The Kier molecular flexibility index (Phi) is 4.08. The number of anilines is 2. The molecule has 7 heteroatoms. The minimum atomic E-state index is -3.01. The van der Waals surface area contributed by atoms with Crippen LogP contribution in [0.2, 0.25) is 0 Å². The first-order chi connectivity index (χ1) is 7.93. The molecular formula is C10H12F2N2O3. The number of esters is 1. The highest BCUT2D eigenvalue weighted by Crippen LogP contribution is 2.29. The minimum absolute atomic E-state index is 0.106. The van der Waals surface area contributed by atoms with Gasteiger partial charge in [-0.25, -0.2) is 0 Å². The fraction of sp³-hybridized carbons (Fsp3) is 0.300. The average Bonchev–Trinajstić information content (AvgIpc) is 2.24. The van der Waals surface area contributed by atoms with Crippen molar-refractivity contribution in [2.45, 2.75) is 13.0 Å². The number of rotatable bonds is 4. The van der Waals surface area contributed by atoms with Gasteiger partial charge in [0, 0.05) is 11.6 Å². The Bertz CT molecular complexity index is 424. The number of hydrogen-bond donors (Lipinski definition) is 2. The molecule has 0 heterocycles. The van der Waals surface area contributed by atoms with Crippen molar-refractivity contribution in [2.75, 3.05) is 18.6 Å². The van der Waals surface area contributed by atoms with Gasteiger partial charge in [-0.3, -0.25) is 4.79 Å². The molecule has 0 aromatic heterocycles. The standard InChI is InChI=1S/C10H12F2N2O3/c1-16-9(15)3-5-2-6(13)7(14)4-8(5)17-10(11)12/h2,4,10H,3,13-14H2,1H3. The van der Waals surface area contributed by atoms with Crippen molar-refractivity contribution < 1.29 is 23.0 Å². The second kappa shape index (κ2) is 5.33. The van der Waals surface area contributed by atoms with Gasteiger partial charge in [-0.1, -0.05) is 0 Å². The Hall–Kier alpha value is -2.05. The highest BCUT2D eigenvalue weighted by Gasteiger charge is 2.15. The molecule has 0 atom stereocenters. The molecule has 0 fully saturated rings. The fourth-order valence-electron chi connectivity index (χ4n) is 1.23. The number of methoxy groups -OCH3 is 1. The molecule has 0 saturated carbocycles. The summed E-state index contributed by atoms with van der Waals surface area (Å²) >= 11 is 0. The quantitative estimate of drug-likeness (QED) is 0.615. The van der Waals surface area contributed by atoms with Crippen LogP contribution >= 0.6 is 0 Å². The van der Waals surface area contributed by atoms with Gasteiger partial charge in [0.25, 0.3) is 0 Å². The molecule has 4 N–H and O–H groups in total. The summed E-state index contributed by atoms with van der Waals surface area (Å²) in [5.74, 6) is -0.773. The molecule has 0 aliphatic rings. The molecule has 0 bridgehead atoms. The van der Waals surface area contributed by atoms with Crippen LogP contribution in [-0.2, 0) is 16.0 Å². The molecule has 5 nitrogen and oxygen atoms in total. The molecule has 1 aromatic carbocycles. The van der Waals surface area contributed by atoms with Crippen LogP contribution in [0.3, 0.4) is 0 Å². The molecule has 0 radical (unpaired) electrons. The van der Waals surface area contributed by atoms with Gasteiger partial charge in [-0.05, 0) is 6.07 Å². The number of hydrogen-bond acceptors (Lipinski definition) is 5. The van der Waals surface area contributed by atoms with E-state index in [-0.39, 0.29) is 29.1 Å². The summed E-state index contributed by atoms with van der Waals surface area (Å²) in [6.07, 6.45) is -0.219. The average molecular weight is 246 g/mol. The number of halogens is 2. The fourth-order valence-corrected chi connectivity index (χ4v) is 1.23. The maximum atomic E-state index is 12.1.